The summed E-state index contributed by atoms with van der Waals surface area (Å²) >= 11 is 0. The van der Waals surface area contributed by atoms with E-state index in [9.17, 15) is 4.79 Å². The number of amides is 1. The molecule has 0 aliphatic carbocycles. The number of carbonyl (C=O) groups excluding carboxylic acids is 1. The van der Waals surface area contributed by atoms with E-state index in [-0.39, 0.29) is 11.8 Å². The van der Waals surface area contributed by atoms with Crippen LogP contribution in [-0.4, -0.2) is 55.4 Å². The second-order valence-corrected chi connectivity index (χ2v) is 7.43. The Hall–Kier alpha value is -3.81. The summed E-state index contributed by atoms with van der Waals surface area (Å²) in [4.78, 5) is 18.7. The fourth-order valence-corrected chi connectivity index (χ4v) is 3.57. The molecule has 8 heteroatoms. The van der Waals surface area contributed by atoms with Gasteiger partial charge in [0.05, 0.1) is 27.2 Å². The summed E-state index contributed by atoms with van der Waals surface area (Å²) in [5, 5.41) is 4.08. The third-order valence-electron chi connectivity index (χ3n) is 5.39. The van der Waals surface area contributed by atoms with Gasteiger partial charge in [-0.2, -0.15) is 4.98 Å². The third-order valence-corrected chi connectivity index (χ3v) is 5.39. The molecule has 32 heavy (non-hydrogen) atoms. The minimum absolute atomic E-state index is 0.0485. The van der Waals surface area contributed by atoms with Crippen LogP contribution in [0.4, 0.5) is 0 Å². The minimum Gasteiger partial charge on any atom is -0.496 e. The molecular weight excluding hydrogens is 410 g/mol. The Morgan fingerprint density at radius 1 is 1.06 bits per heavy atom. The number of benzene rings is 2. The van der Waals surface area contributed by atoms with E-state index in [1.54, 1.807) is 44.4 Å². The van der Waals surface area contributed by atoms with Crippen molar-refractivity contribution in [1.82, 2.24) is 15.0 Å². The van der Waals surface area contributed by atoms with Crippen LogP contribution in [0.1, 0.15) is 28.8 Å². The Balaban J connectivity index is 1.32. The molecule has 0 unspecified atom stereocenters. The Morgan fingerprint density at radius 3 is 2.56 bits per heavy atom. The first kappa shape index (κ1) is 21.4. The molecule has 0 N–H and O–H groups in total. The molecule has 0 atom stereocenters. The van der Waals surface area contributed by atoms with Crippen LogP contribution in [0.25, 0.3) is 6.08 Å². The van der Waals surface area contributed by atoms with Crippen LogP contribution in [0.3, 0.4) is 0 Å². The molecule has 1 aliphatic rings. The Kier molecular flexibility index (Phi) is 6.39. The monoisotopic (exact) mass is 435 g/mol. The van der Waals surface area contributed by atoms with Crippen molar-refractivity contribution >= 4 is 12.0 Å². The number of rotatable bonds is 8. The van der Waals surface area contributed by atoms with Crippen LogP contribution in [0.2, 0.25) is 0 Å². The van der Waals surface area contributed by atoms with E-state index in [2.05, 4.69) is 10.1 Å². The van der Waals surface area contributed by atoms with Crippen LogP contribution in [-0.2, 0) is 11.2 Å². The molecule has 0 saturated carbocycles. The molecular formula is C24H25N3O5. The highest BCUT2D eigenvalue weighted by molar-refractivity contribution is 5.92. The van der Waals surface area contributed by atoms with Gasteiger partial charge in [-0.05, 0) is 29.8 Å². The first-order valence-corrected chi connectivity index (χ1v) is 10.2. The minimum atomic E-state index is -0.0650. The van der Waals surface area contributed by atoms with Gasteiger partial charge in [0.25, 0.3) is 0 Å². The second-order valence-electron chi connectivity index (χ2n) is 7.43. The summed E-state index contributed by atoms with van der Waals surface area (Å²) in [7, 11) is 4.80. The highest BCUT2D eigenvalue weighted by Gasteiger charge is 2.34. The fourth-order valence-electron chi connectivity index (χ4n) is 3.57. The zero-order valence-electron chi connectivity index (χ0n) is 18.3. The van der Waals surface area contributed by atoms with Crippen LogP contribution in [0.5, 0.6) is 17.2 Å². The van der Waals surface area contributed by atoms with Gasteiger partial charge in [0.2, 0.25) is 11.8 Å². The van der Waals surface area contributed by atoms with Crippen molar-refractivity contribution < 1.29 is 23.5 Å². The van der Waals surface area contributed by atoms with Gasteiger partial charge in [-0.25, -0.2) is 0 Å². The lowest BCUT2D eigenvalue weighted by molar-refractivity contribution is -0.130. The number of carbonyl (C=O) groups is 1. The molecule has 0 radical (unpaired) electrons. The SMILES string of the molecule is COc1ccccc1Cc1noc(C2CN(C(=O)/C=C/c3ccc(OC)c(OC)c3)C2)n1. The molecule has 3 aromatic rings. The number of methoxy groups -OCH3 is 3. The van der Waals surface area contributed by atoms with E-state index in [1.807, 2.05) is 36.4 Å². The predicted molar refractivity (Wildman–Crippen MR) is 118 cm³/mol. The average Bonchev–Trinajstić information content (AvgIpc) is 3.24. The van der Waals surface area contributed by atoms with Crippen molar-refractivity contribution in [2.75, 3.05) is 34.4 Å². The topological polar surface area (TPSA) is 86.9 Å². The predicted octanol–water partition coefficient (Wildman–Crippen LogP) is 3.33. The van der Waals surface area contributed by atoms with E-state index >= 15 is 0 Å². The van der Waals surface area contributed by atoms with Gasteiger partial charge in [-0.3, -0.25) is 4.79 Å². The normalized spacial score (nSPS) is 13.8. The van der Waals surface area contributed by atoms with Crippen molar-refractivity contribution in [2.45, 2.75) is 12.3 Å². The van der Waals surface area contributed by atoms with Crippen LogP contribution in [0.15, 0.2) is 53.1 Å². The molecule has 1 saturated heterocycles. The van der Waals surface area contributed by atoms with Crippen molar-refractivity contribution in [1.29, 1.82) is 0 Å². The van der Waals surface area contributed by atoms with Gasteiger partial charge in [0.1, 0.15) is 5.75 Å². The maximum Gasteiger partial charge on any atom is 0.246 e. The summed E-state index contributed by atoms with van der Waals surface area (Å²) in [5.74, 6) is 3.20. The maximum absolute atomic E-state index is 12.5. The van der Waals surface area contributed by atoms with E-state index < -0.39 is 0 Å². The van der Waals surface area contributed by atoms with Crippen molar-refractivity contribution in [3.05, 3.63) is 71.4 Å². The number of hydrogen-bond donors (Lipinski definition) is 0. The standard InChI is InChI=1S/C24H25N3O5/c1-29-19-7-5-4-6-17(19)13-22-25-24(32-26-22)18-14-27(15-18)23(28)11-9-16-8-10-20(30-2)21(12-16)31-3/h4-12,18H,13-15H2,1-3H3/b11-9+. The molecule has 1 aliphatic heterocycles. The Labute approximate surface area is 186 Å². The van der Waals surface area contributed by atoms with E-state index in [1.165, 1.54) is 0 Å². The number of ether oxygens (including phenoxy) is 3. The third kappa shape index (κ3) is 4.59. The zero-order valence-corrected chi connectivity index (χ0v) is 18.3. The lowest BCUT2D eigenvalue weighted by Crippen LogP contribution is -2.47. The summed E-state index contributed by atoms with van der Waals surface area (Å²) in [6.07, 6.45) is 3.84. The largest absolute Gasteiger partial charge is 0.496 e. The number of aromatic nitrogens is 2. The van der Waals surface area contributed by atoms with Crippen LogP contribution < -0.4 is 14.2 Å². The van der Waals surface area contributed by atoms with Gasteiger partial charge < -0.3 is 23.6 Å². The fraction of sp³-hybridized carbons (Fsp3) is 0.292. The van der Waals surface area contributed by atoms with Crippen LogP contribution >= 0.6 is 0 Å². The van der Waals surface area contributed by atoms with E-state index in [4.69, 9.17) is 18.7 Å². The molecule has 2 aromatic carbocycles. The molecule has 2 heterocycles. The van der Waals surface area contributed by atoms with Gasteiger partial charge >= 0.3 is 0 Å². The number of likely N-dealkylation sites (tertiary alicyclic amines) is 1. The van der Waals surface area contributed by atoms with Gasteiger partial charge in [0, 0.05) is 31.1 Å². The average molecular weight is 435 g/mol. The smallest absolute Gasteiger partial charge is 0.246 e. The summed E-state index contributed by atoms with van der Waals surface area (Å²) in [5.41, 5.74) is 1.85. The molecule has 1 aromatic heterocycles. The zero-order chi connectivity index (χ0) is 22.5. The number of hydrogen-bond acceptors (Lipinski definition) is 7. The summed E-state index contributed by atoms with van der Waals surface area (Å²) in [6.45, 7) is 1.09. The molecule has 8 nitrogen and oxygen atoms in total. The summed E-state index contributed by atoms with van der Waals surface area (Å²) < 4.78 is 21.3. The highest BCUT2D eigenvalue weighted by Crippen LogP contribution is 2.29. The highest BCUT2D eigenvalue weighted by atomic mass is 16.5. The molecule has 166 valence electrons. The second kappa shape index (κ2) is 9.55. The molecule has 0 bridgehead atoms. The summed E-state index contributed by atoms with van der Waals surface area (Å²) in [6, 6.07) is 13.2. The molecule has 4 rings (SSSR count). The lowest BCUT2D eigenvalue weighted by Gasteiger charge is -2.36. The Bertz CT molecular complexity index is 1120. The van der Waals surface area contributed by atoms with Crippen molar-refractivity contribution in [3.8, 4) is 17.2 Å². The van der Waals surface area contributed by atoms with Crippen LogP contribution in [0, 0.1) is 0 Å². The van der Waals surface area contributed by atoms with Gasteiger partial charge in [-0.1, -0.05) is 29.4 Å². The van der Waals surface area contributed by atoms with E-state index in [0.29, 0.717) is 42.7 Å². The maximum atomic E-state index is 12.5. The molecule has 1 amide bonds. The first-order chi connectivity index (χ1) is 15.6. The molecule has 1 fully saturated rings. The van der Waals surface area contributed by atoms with E-state index in [0.717, 1.165) is 16.9 Å². The molecule has 0 spiro atoms. The lowest BCUT2D eigenvalue weighted by atomic mass is 10.00. The Morgan fingerprint density at radius 2 is 1.81 bits per heavy atom. The van der Waals surface area contributed by atoms with Crippen molar-refractivity contribution in [2.24, 2.45) is 0 Å². The van der Waals surface area contributed by atoms with Gasteiger partial charge in [0.15, 0.2) is 17.3 Å². The number of nitrogens with zero attached hydrogens (tertiary/aromatic N) is 3. The number of para-hydroxylation sites is 1. The van der Waals surface area contributed by atoms with Gasteiger partial charge in [-0.15, -0.1) is 0 Å². The first-order valence-electron chi connectivity index (χ1n) is 10.2. The van der Waals surface area contributed by atoms with Crippen molar-refractivity contribution in [3.63, 3.8) is 0 Å². The quantitative estimate of drug-likeness (QED) is 0.502.